The maximum Gasteiger partial charge on any atom is 0.416 e. The summed E-state index contributed by atoms with van der Waals surface area (Å²) in [6.07, 6.45) is 6.31. The molecule has 1 fully saturated rings. The third kappa shape index (κ3) is 7.15. The first-order valence-electron chi connectivity index (χ1n) is 13.7. The molecule has 4 rings (SSSR count). The molecule has 0 saturated heterocycles. The summed E-state index contributed by atoms with van der Waals surface area (Å²) < 4.78 is 74.9. The van der Waals surface area contributed by atoms with Crippen LogP contribution in [-0.4, -0.2) is 0 Å². The molecule has 0 aromatic heterocycles. The van der Waals surface area contributed by atoms with Gasteiger partial charge in [-0.2, -0.15) is 13.2 Å². The van der Waals surface area contributed by atoms with Crippen LogP contribution in [0.25, 0.3) is 11.1 Å². The molecule has 0 N–H and O–H groups in total. The van der Waals surface area contributed by atoms with Crippen molar-refractivity contribution in [2.45, 2.75) is 77.3 Å². The predicted molar refractivity (Wildman–Crippen MR) is 141 cm³/mol. The van der Waals surface area contributed by atoms with E-state index in [9.17, 15) is 17.6 Å². The number of halogens is 5. The first-order chi connectivity index (χ1) is 18.3. The van der Waals surface area contributed by atoms with Gasteiger partial charge in [0.15, 0.2) is 11.6 Å². The summed E-state index contributed by atoms with van der Waals surface area (Å²) in [7, 11) is 0. The number of hydrogen-bond donors (Lipinski definition) is 0. The zero-order valence-corrected chi connectivity index (χ0v) is 21.8. The van der Waals surface area contributed by atoms with E-state index in [0.717, 1.165) is 37.3 Å². The zero-order chi connectivity index (χ0) is 27.1. The zero-order valence-electron chi connectivity index (χ0n) is 21.8. The van der Waals surface area contributed by atoms with Gasteiger partial charge in [-0.1, -0.05) is 88.6 Å². The van der Waals surface area contributed by atoms with E-state index in [-0.39, 0.29) is 17.1 Å². The SMILES string of the molecule is CCCCCC1CCC(CCc2c(F)ccc(Oc3ccccc3-c3ccc(C(F)(F)F)cc3)c2F)CC1. The Morgan fingerprint density at radius 1 is 0.763 bits per heavy atom. The van der Waals surface area contributed by atoms with Gasteiger partial charge in [-0.3, -0.25) is 0 Å². The van der Waals surface area contributed by atoms with Crippen molar-refractivity contribution >= 4 is 0 Å². The van der Waals surface area contributed by atoms with Crippen LogP contribution in [0.5, 0.6) is 11.5 Å². The summed E-state index contributed by atoms with van der Waals surface area (Å²) in [5.41, 5.74) is 0.294. The lowest BCUT2D eigenvalue weighted by Gasteiger charge is -2.28. The van der Waals surface area contributed by atoms with Crippen LogP contribution in [-0.2, 0) is 12.6 Å². The summed E-state index contributed by atoms with van der Waals surface area (Å²) in [5.74, 6) is 0.138. The minimum Gasteiger partial charge on any atom is -0.454 e. The minimum atomic E-state index is -4.43. The van der Waals surface area contributed by atoms with Gasteiger partial charge in [0.2, 0.25) is 0 Å². The summed E-state index contributed by atoms with van der Waals surface area (Å²) >= 11 is 0. The Hall–Kier alpha value is -2.89. The molecule has 1 saturated carbocycles. The number of rotatable bonds is 10. The number of hydrogen-bond acceptors (Lipinski definition) is 1. The number of unbranched alkanes of at least 4 members (excludes halogenated alkanes) is 2. The minimum absolute atomic E-state index is 0.0274. The normalized spacial score (nSPS) is 17.9. The Morgan fingerprint density at radius 3 is 2.08 bits per heavy atom. The molecule has 0 bridgehead atoms. The summed E-state index contributed by atoms with van der Waals surface area (Å²) in [6, 6.07) is 13.9. The second-order valence-corrected chi connectivity index (χ2v) is 10.4. The Morgan fingerprint density at radius 2 is 1.42 bits per heavy atom. The molecule has 0 aliphatic heterocycles. The molecule has 38 heavy (non-hydrogen) atoms. The average molecular weight is 531 g/mol. The highest BCUT2D eigenvalue weighted by Crippen LogP contribution is 2.38. The Labute approximate surface area is 222 Å². The van der Waals surface area contributed by atoms with Crippen LogP contribution in [0.1, 0.15) is 75.8 Å². The lowest BCUT2D eigenvalue weighted by Crippen LogP contribution is -2.15. The van der Waals surface area contributed by atoms with Crippen molar-refractivity contribution in [1.82, 2.24) is 0 Å². The molecule has 1 nitrogen and oxygen atoms in total. The van der Waals surface area contributed by atoms with Gasteiger partial charge in [-0.15, -0.1) is 0 Å². The molecule has 6 heteroatoms. The summed E-state index contributed by atoms with van der Waals surface area (Å²) in [6.45, 7) is 2.22. The van der Waals surface area contributed by atoms with Gasteiger partial charge >= 0.3 is 6.18 Å². The number of benzene rings is 3. The van der Waals surface area contributed by atoms with Crippen molar-refractivity contribution in [2.24, 2.45) is 11.8 Å². The fourth-order valence-corrected chi connectivity index (χ4v) is 5.48. The van der Waals surface area contributed by atoms with E-state index in [0.29, 0.717) is 23.5 Å². The number of alkyl halides is 3. The highest BCUT2D eigenvalue weighted by atomic mass is 19.4. The molecule has 204 valence electrons. The topological polar surface area (TPSA) is 9.23 Å². The maximum atomic E-state index is 15.4. The standard InChI is InChI=1S/C32H35F5O/c1-2-3-4-7-22-10-12-23(13-11-22)14-19-27-28(33)20-21-30(31(27)34)38-29-9-6-5-8-26(29)24-15-17-25(18-16-24)32(35,36)37/h5-6,8-9,15-18,20-23H,2-4,7,10-14,19H2,1H3. The molecule has 1 aliphatic carbocycles. The van der Waals surface area contributed by atoms with Gasteiger partial charge in [0.05, 0.1) is 5.56 Å². The molecule has 1 aliphatic rings. The second-order valence-electron chi connectivity index (χ2n) is 10.4. The molecular formula is C32H35F5O. The molecular weight excluding hydrogens is 495 g/mol. The van der Waals surface area contributed by atoms with Crippen molar-refractivity contribution in [3.63, 3.8) is 0 Å². The molecule has 0 unspecified atom stereocenters. The largest absolute Gasteiger partial charge is 0.454 e. The molecule has 0 atom stereocenters. The monoisotopic (exact) mass is 530 g/mol. The number of ether oxygens (including phenoxy) is 1. The molecule has 0 amide bonds. The van der Waals surface area contributed by atoms with Crippen molar-refractivity contribution in [3.05, 3.63) is 83.4 Å². The van der Waals surface area contributed by atoms with Gasteiger partial charge in [0.25, 0.3) is 0 Å². The fraction of sp³-hybridized carbons (Fsp3) is 0.438. The summed E-state index contributed by atoms with van der Waals surface area (Å²) in [4.78, 5) is 0. The van der Waals surface area contributed by atoms with Crippen LogP contribution in [0.4, 0.5) is 22.0 Å². The van der Waals surface area contributed by atoms with Gasteiger partial charge in [0.1, 0.15) is 11.6 Å². The van der Waals surface area contributed by atoms with E-state index in [1.807, 2.05) is 0 Å². The highest BCUT2D eigenvalue weighted by molar-refractivity contribution is 5.71. The second kappa shape index (κ2) is 12.8. The van der Waals surface area contributed by atoms with Gasteiger partial charge in [-0.05, 0) is 60.6 Å². The van der Waals surface area contributed by atoms with Crippen molar-refractivity contribution < 1.29 is 26.7 Å². The molecule has 0 heterocycles. The van der Waals surface area contributed by atoms with Crippen LogP contribution in [0.15, 0.2) is 60.7 Å². The molecule has 0 spiro atoms. The predicted octanol–water partition coefficient (Wildman–Crippen LogP) is 10.8. The summed E-state index contributed by atoms with van der Waals surface area (Å²) in [5, 5.41) is 0. The lowest BCUT2D eigenvalue weighted by molar-refractivity contribution is -0.137. The maximum absolute atomic E-state index is 15.4. The highest BCUT2D eigenvalue weighted by Gasteiger charge is 2.30. The Balaban J connectivity index is 1.44. The molecule has 3 aromatic rings. The van der Waals surface area contributed by atoms with Crippen LogP contribution in [0.3, 0.4) is 0 Å². The third-order valence-corrected chi connectivity index (χ3v) is 7.77. The Kier molecular flexibility index (Phi) is 9.45. The molecule has 0 radical (unpaired) electrons. The smallest absolute Gasteiger partial charge is 0.416 e. The van der Waals surface area contributed by atoms with Crippen LogP contribution in [0, 0.1) is 23.5 Å². The van der Waals surface area contributed by atoms with Gasteiger partial charge in [0, 0.05) is 11.1 Å². The third-order valence-electron chi connectivity index (χ3n) is 7.77. The lowest BCUT2D eigenvalue weighted by atomic mass is 9.77. The van der Waals surface area contributed by atoms with Crippen molar-refractivity contribution in [2.75, 3.05) is 0 Å². The first kappa shape index (κ1) is 28.1. The quantitative estimate of drug-likeness (QED) is 0.187. The average Bonchev–Trinajstić information content (AvgIpc) is 2.91. The Bertz CT molecular complexity index is 1180. The van der Waals surface area contributed by atoms with E-state index in [1.165, 1.54) is 62.8 Å². The first-order valence-corrected chi connectivity index (χ1v) is 13.7. The van der Waals surface area contributed by atoms with E-state index in [1.54, 1.807) is 24.3 Å². The fourth-order valence-electron chi connectivity index (χ4n) is 5.48. The van der Waals surface area contributed by atoms with Gasteiger partial charge in [-0.25, -0.2) is 8.78 Å². The van der Waals surface area contributed by atoms with Crippen molar-refractivity contribution in [1.29, 1.82) is 0 Å². The van der Waals surface area contributed by atoms with Crippen molar-refractivity contribution in [3.8, 4) is 22.6 Å². The van der Waals surface area contributed by atoms with Crippen LogP contribution < -0.4 is 4.74 Å². The van der Waals surface area contributed by atoms with Crippen LogP contribution >= 0.6 is 0 Å². The van der Waals surface area contributed by atoms with E-state index in [2.05, 4.69) is 6.92 Å². The number of para-hydroxylation sites is 1. The van der Waals surface area contributed by atoms with E-state index in [4.69, 9.17) is 4.74 Å². The van der Waals surface area contributed by atoms with Crippen LogP contribution in [0.2, 0.25) is 0 Å². The van der Waals surface area contributed by atoms with Gasteiger partial charge < -0.3 is 4.74 Å². The van der Waals surface area contributed by atoms with E-state index >= 15 is 4.39 Å². The van der Waals surface area contributed by atoms with E-state index < -0.39 is 23.4 Å². The molecule has 3 aromatic carbocycles.